The molecule has 2 heterocycles. The molecule has 0 N–H and O–H groups in total. The average Bonchev–Trinajstić information content (AvgIpc) is 2.95. The number of carbonyl (C=O) groups excluding carboxylic acids is 3. The van der Waals surface area contributed by atoms with E-state index in [-0.39, 0.29) is 30.2 Å². The predicted molar refractivity (Wildman–Crippen MR) is 96.9 cm³/mol. The van der Waals surface area contributed by atoms with Crippen LogP contribution in [0.1, 0.15) is 23.2 Å². The van der Waals surface area contributed by atoms with Gasteiger partial charge in [-0.3, -0.25) is 19.3 Å². The number of benzene rings is 2. The minimum atomic E-state index is -0.214. The number of esters is 1. The van der Waals surface area contributed by atoms with Gasteiger partial charge in [0, 0.05) is 24.0 Å². The molecule has 0 bridgehead atoms. The van der Waals surface area contributed by atoms with Crippen LogP contribution in [0.15, 0.2) is 36.4 Å². The van der Waals surface area contributed by atoms with Crippen LogP contribution >= 0.6 is 0 Å². The molecule has 26 heavy (non-hydrogen) atoms. The molecule has 134 valence electrons. The van der Waals surface area contributed by atoms with Gasteiger partial charge in [0.2, 0.25) is 5.91 Å². The monoisotopic (exact) mass is 352 g/mol. The number of nitrogens with zero attached hydrogens (tertiary/aromatic N) is 2. The highest BCUT2D eigenvalue weighted by Crippen LogP contribution is 2.37. The summed E-state index contributed by atoms with van der Waals surface area (Å²) in [6, 6.07) is 11.4. The zero-order valence-corrected chi connectivity index (χ0v) is 14.6. The van der Waals surface area contributed by atoms with E-state index in [1.54, 1.807) is 15.9 Å². The quantitative estimate of drug-likeness (QED) is 0.795. The maximum atomic E-state index is 12.8. The van der Waals surface area contributed by atoms with Crippen LogP contribution in [0.4, 0.5) is 5.69 Å². The second kappa shape index (κ2) is 6.44. The Morgan fingerprint density at radius 2 is 1.81 bits per heavy atom. The Morgan fingerprint density at radius 3 is 2.50 bits per heavy atom. The van der Waals surface area contributed by atoms with E-state index in [4.69, 9.17) is 4.74 Å². The van der Waals surface area contributed by atoms with Gasteiger partial charge in [0.15, 0.2) is 0 Å². The number of anilines is 1. The molecule has 0 saturated carbocycles. The van der Waals surface area contributed by atoms with Crippen LogP contribution in [0, 0.1) is 5.92 Å². The molecule has 0 spiro atoms. The molecular formula is C20H20N2O4. The van der Waals surface area contributed by atoms with Gasteiger partial charge in [-0.05, 0) is 30.4 Å². The molecule has 4 rings (SSSR count). The number of piperidine rings is 1. The highest BCUT2D eigenvalue weighted by molar-refractivity contribution is 6.26. The van der Waals surface area contributed by atoms with Crippen molar-refractivity contribution in [3.05, 3.63) is 42.0 Å². The first kappa shape index (κ1) is 16.6. The fraction of sp³-hybridized carbons (Fsp3) is 0.350. The Labute approximate surface area is 151 Å². The van der Waals surface area contributed by atoms with Crippen LogP contribution in [0.25, 0.3) is 10.8 Å². The van der Waals surface area contributed by atoms with E-state index in [1.165, 1.54) is 7.11 Å². The molecule has 1 saturated heterocycles. The number of likely N-dealkylation sites (tertiary alicyclic amines) is 1. The normalized spacial score (nSPS) is 17.0. The van der Waals surface area contributed by atoms with Gasteiger partial charge in [0.05, 0.1) is 18.7 Å². The third-order valence-electron chi connectivity index (χ3n) is 5.32. The number of methoxy groups -OCH3 is 1. The van der Waals surface area contributed by atoms with E-state index < -0.39 is 0 Å². The smallest absolute Gasteiger partial charge is 0.308 e. The standard InChI is InChI=1S/C20H20N2O4/c1-26-20(25)14-8-10-21(11-9-14)17(23)12-22-16-7-3-5-13-4-2-6-15(18(13)16)19(22)24/h2-7,14H,8-12H2,1H3. The SMILES string of the molecule is COC(=O)C1CCN(C(=O)CN2C(=O)c3cccc4cccc2c34)CC1. The minimum absolute atomic E-state index is 0.0233. The van der Waals surface area contributed by atoms with E-state index in [0.29, 0.717) is 31.5 Å². The van der Waals surface area contributed by atoms with E-state index in [0.717, 1.165) is 16.5 Å². The minimum Gasteiger partial charge on any atom is -0.469 e. The summed E-state index contributed by atoms with van der Waals surface area (Å²) in [7, 11) is 1.39. The summed E-state index contributed by atoms with van der Waals surface area (Å²) in [6.07, 6.45) is 1.20. The fourth-order valence-corrected chi connectivity index (χ4v) is 3.90. The van der Waals surface area contributed by atoms with Crippen molar-refractivity contribution in [1.29, 1.82) is 0 Å². The number of rotatable bonds is 3. The highest BCUT2D eigenvalue weighted by atomic mass is 16.5. The van der Waals surface area contributed by atoms with Crippen LogP contribution in [-0.4, -0.2) is 49.4 Å². The second-order valence-electron chi connectivity index (χ2n) is 6.75. The van der Waals surface area contributed by atoms with E-state index in [9.17, 15) is 14.4 Å². The molecule has 0 radical (unpaired) electrons. The third kappa shape index (κ3) is 2.62. The molecule has 2 aliphatic rings. The summed E-state index contributed by atoms with van der Waals surface area (Å²) >= 11 is 0. The van der Waals surface area contributed by atoms with Crippen molar-refractivity contribution in [3.8, 4) is 0 Å². The zero-order chi connectivity index (χ0) is 18.3. The Balaban J connectivity index is 1.49. The molecule has 1 fully saturated rings. The average molecular weight is 352 g/mol. The van der Waals surface area contributed by atoms with Gasteiger partial charge >= 0.3 is 5.97 Å². The molecule has 2 amide bonds. The molecule has 2 aliphatic heterocycles. The van der Waals surface area contributed by atoms with Crippen molar-refractivity contribution in [2.24, 2.45) is 5.92 Å². The van der Waals surface area contributed by atoms with Gasteiger partial charge in [-0.25, -0.2) is 0 Å². The second-order valence-corrected chi connectivity index (χ2v) is 6.75. The van der Waals surface area contributed by atoms with E-state index in [1.807, 2.05) is 30.3 Å². The molecule has 2 aromatic rings. The highest BCUT2D eigenvalue weighted by Gasteiger charge is 2.33. The number of amides is 2. The maximum absolute atomic E-state index is 12.8. The van der Waals surface area contributed by atoms with Crippen LogP contribution < -0.4 is 4.90 Å². The fourth-order valence-electron chi connectivity index (χ4n) is 3.90. The Hall–Kier alpha value is -2.89. The van der Waals surface area contributed by atoms with Crippen molar-refractivity contribution in [2.75, 3.05) is 31.6 Å². The van der Waals surface area contributed by atoms with Crippen molar-refractivity contribution in [2.45, 2.75) is 12.8 Å². The lowest BCUT2D eigenvalue weighted by atomic mass is 9.97. The molecule has 6 nitrogen and oxygen atoms in total. The summed E-state index contributed by atoms with van der Waals surface area (Å²) in [5.41, 5.74) is 1.44. The molecule has 2 aromatic carbocycles. The first-order valence-electron chi connectivity index (χ1n) is 8.79. The van der Waals surface area contributed by atoms with Gasteiger partial charge in [-0.1, -0.05) is 24.3 Å². The number of carbonyl (C=O) groups is 3. The van der Waals surface area contributed by atoms with Gasteiger partial charge in [0.1, 0.15) is 6.54 Å². The van der Waals surface area contributed by atoms with E-state index >= 15 is 0 Å². The van der Waals surface area contributed by atoms with Gasteiger partial charge in [-0.15, -0.1) is 0 Å². The number of hydrogen-bond donors (Lipinski definition) is 0. The summed E-state index contributed by atoms with van der Waals surface area (Å²) in [5, 5.41) is 1.92. The van der Waals surface area contributed by atoms with Crippen molar-refractivity contribution < 1.29 is 19.1 Å². The predicted octanol–water partition coefficient (Wildman–Crippen LogP) is 2.21. The summed E-state index contributed by atoms with van der Waals surface area (Å²) in [6.45, 7) is 1.05. The zero-order valence-electron chi connectivity index (χ0n) is 14.6. The third-order valence-corrected chi connectivity index (χ3v) is 5.32. The Bertz CT molecular complexity index is 895. The maximum Gasteiger partial charge on any atom is 0.308 e. The van der Waals surface area contributed by atoms with Crippen LogP contribution in [0.5, 0.6) is 0 Å². The van der Waals surface area contributed by atoms with Crippen molar-refractivity contribution in [1.82, 2.24) is 4.90 Å². The Morgan fingerprint density at radius 1 is 1.12 bits per heavy atom. The van der Waals surface area contributed by atoms with Gasteiger partial charge in [0.25, 0.3) is 5.91 Å². The lowest BCUT2D eigenvalue weighted by Gasteiger charge is -2.32. The van der Waals surface area contributed by atoms with Crippen molar-refractivity contribution in [3.63, 3.8) is 0 Å². The molecule has 0 aliphatic carbocycles. The summed E-state index contributed by atoms with van der Waals surface area (Å²) < 4.78 is 4.78. The van der Waals surface area contributed by atoms with Gasteiger partial charge < -0.3 is 9.64 Å². The Kier molecular flexibility index (Phi) is 4.11. The molecule has 0 aromatic heterocycles. The summed E-state index contributed by atoms with van der Waals surface area (Å²) in [4.78, 5) is 40.4. The molecule has 6 heteroatoms. The molecular weight excluding hydrogens is 332 g/mol. The first-order valence-corrected chi connectivity index (χ1v) is 8.79. The number of hydrogen-bond acceptors (Lipinski definition) is 4. The topological polar surface area (TPSA) is 66.9 Å². The largest absolute Gasteiger partial charge is 0.469 e. The lowest BCUT2D eigenvalue weighted by Crippen LogP contribution is -2.46. The van der Waals surface area contributed by atoms with Crippen LogP contribution in [0.2, 0.25) is 0 Å². The summed E-state index contributed by atoms with van der Waals surface area (Å²) in [5.74, 6) is -0.578. The molecule has 0 unspecified atom stereocenters. The van der Waals surface area contributed by atoms with Crippen molar-refractivity contribution >= 4 is 34.2 Å². The molecule has 0 atom stereocenters. The lowest BCUT2D eigenvalue weighted by molar-refractivity contribution is -0.148. The van der Waals surface area contributed by atoms with Crippen LogP contribution in [0.3, 0.4) is 0 Å². The first-order chi connectivity index (χ1) is 12.6. The van der Waals surface area contributed by atoms with Crippen LogP contribution in [-0.2, 0) is 14.3 Å². The van der Waals surface area contributed by atoms with Gasteiger partial charge in [-0.2, -0.15) is 0 Å². The number of ether oxygens (including phenoxy) is 1. The van der Waals surface area contributed by atoms with E-state index in [2.05, 4.69) is 0 Å².